The van der Waals surface area contributed by atoms with Crippen LogP contribution < -0.4 is 14.2 Å². The van der Waals surface area contributed by atoms with E-state index in [1.165, 1.54) is 19.2 Å². The van der Waals surface area contributed by atoms with Gasteiger partial charge in [-0.2, -0.15) is 0 Å². The molecular weight excluding hydrogens is 472 g/mol. The van der Waals surface area contributed by atoms with Gasteiger partial charge in [-0.25, -0.2) is 13.1 Å². The quantitative estimate of drug-likeness (QED) is 0.433. The van der Waals surface area contributed by atoms with Crippen LogP contribution in [-0.4, -0.2) is 67.6 Å². The van der Waals surface area contributed by atoms with E-state index in [1.54, 1.807) is 23.9 Å². The van der Waals surface area contributed by atoms with Gasteiger partial charge in [0.15, 0.2) is 0 Å². The second-order valence-electron chi connectivity index (χ2n) is 8.32. The average molecular weight is 503 g/mol. The number of nitrogens with zero attached hydrogens (tertiary/aromatic N) is 3. The van der Waals surface area contributed by atoms with Gasteiger partial charge in [-0.3, -0.25) is 4.68 Å². The fourth-order valence-corrected chi connectivity index (χ4v) is 5.51. The van der Waals surface area contributed by atoms with E-state index in [1.807, 2.05) is 30.5 Å². The summed E-state index contributed by atoms with van der Waals surface area (Å²) in [7, 11) is -0.694. The molecule has 10 nitrogen and oxygen atoms in total. The summed E-state index contributed by atoms with van der Waals surface area (Å²) in [5, 5.41) is 18.3. The van der Waals surface area contributed by atoms with Crippen LogP contribution in [0.3, 0.4) is 0 Å². The second kappa shape index (κ2) is 11.2. The molecule has 0 radical (unpaired) electrons. The molecule has 1 aliphatic heterocycles. The van der Waals surface area contributed by atoms with Gasteiger partial charge in [-0.1, -0.05) is 23.4 Å². The highest BCUT2D eigenvalue weighted by atomic mass is 32.2. The van der Waals surface area contributed by atoms with Crippen LogP contribution in [0.1, 0.15) is 19.3 Å². The number of sulfonamides is 1. The number of rotatable bonds is 10. The van der Waals surface area contributed by atoms with Crippen molar-refractivity contribution in [2.45, 2.75) is 49.0 Å². The van der Waals surface area contributed by atoms with Crippen molar-refractivity contribution in [2.24, 2.45) is 0 Å². The lowest BCUT2D eigenvalue weighted by atomic mass is 9.98. The average Bonchev–Trinajstić information content (AvgIpc) is 3.36. The molecule has 1 aromatic heterocycles. The minimum absolute atomic E-state index is 0.104. The fraction of sp³-hybridized carbons (Fsp3) is 0.417. The maximum Gasteiger partial charge on any atom is 0.241 e. The first kappa shape index (κ1) is 25.1. The minimum Gasteiger partial charge on any atom is -0.497 e. The minimum atomic E-state index is -3.79. The van der Waals surface area contributed by atoms with Gasteiger partial charge < -0.3 is 19.3 Å². The van der Waals surface area contributed by atoms with Crippen LogP contribution in [0, 0.1) is 0 Å². The van der Waals surface area contributed by atoms with Crippen molar-refractivity contribution >= 4 is 10.0 Å². The second-order valence-corrected chi connectivity index (χ2v) is 10.0. The summed E-state index contributed by atoms with van der Waals surface area (Å²) < 4.78 is 46.7. The molecule has 0 spiro atoms. The molecule has 188 valence electrons. The number of aliphatic hydroxyl groups is 1. The van der Waals surface area contributed by atoms with Crippen LogP contribution >= 0.6 is 0 Å². The first-order chi connectivity index (χ1) is 16.9. The molecular formula is C24H30N4O6S. The molecule has 2 aromatic carbocycles. The molecule has 3 aromatic rings. The summed E-state index contributed by atoms with van der Waals surface area (Å²) in [5.74, 6) is 1.18. The molecule has 1 aliphatic rings. The number of ether oxygens (including phenoxy) is 3. The molecule has 0 amide bonds. The number of aryl methyl sites for hydroxylation is 1. The monoisotopic (exact) mass is 502 g/mol. The molecule has 1 saturated heterocycles. The molecule has 1 fully saturated rings. The molecule has 2 heterocycles. The number of methoxy groups -OCH3 is 2. The molecule has 0 saturated carbocycles. The van der Waals surface area contributed by atoms with Crippen molar-refractivity contribution in [3.63, 3.8) is 0 Å². The number of aliphatic hydroxyl groups excluding tert-OH is 1. The molecule has 3 atom stereocenters. The summed E-state index contributed by atoms with van der Waals surface area (Å²) in [6, 6.07) is 13.3. The molecule has 11 heteroatoms. The van der Waals surface area contributed by atoms with Gasteiger partial charge in [0.2, 0.25) is 10.0 Å². The molecule has 2 N–H and O–H groups in total. The van der Waals surface area contributed by atoms with Crippen molar-refractivity contribution in [1.29, 1.82) is 0 Å². The van der Waals surface area contributed by atoms with Gasteiger partial charge in [0.25, 0.3) is 0 Å². The van der Waals surface area contributed by atoms with Crippen LogP contribution in [0.25, 0.3) is 11.3 Å². The lowest BCUT2D eigenvalue weighted by Gasteiger charge is -2.36. The highest BCUT2D eigenvalue weighted by Gasteiger charge is 2.34. The Labute approximate surface area is 204 Å². The predicted molar refractivity (Wildman–Crippen MR) is 129 cm³/mol. The topological polar surface area (TPSA) is 125 Å². The van der Waals surface area contributed by atoms with Gasteiger partial charge in [0.05, 0.1) is 50.2 Å². The largest absolute Gasteiger partial charge is 0.497 e. The summed E-state index contributed by atoms with van der Waals surface area (Å²) >= 11 is 0. The number of aromatic nitrogens is 3. The molecule has 35 heavy (non-hydrogen) atoms. The summed E-state index contributed by atoms with van der Waals surface area (Å²) in [6.07, 6.45) is 2.92. The number of nitrogens with one attached hydrogen (secondary N) is 1. The van der Waals surface area contributed by atoms with Crippen LogP contribution in [0.2, 0.25) is 0 Å². The maximum atomic E-state index is 12.9. The van der Waals surface area contributed by atoms with Crippen LogP contribution in [-0.2, 0) is 21.3 Å². The van der Waals surface area contributed by atoms with E-state index in [0.717, 1.165) is 11.3 Å². The van der Waals surface area contributed by atoms with Gasteiger partial charge in [-0.05, 0) is 43.5 Å². The Morgan fingerprint density at radius 3 is 2.74 bits per heavy atom. The Hall–Kier alpha value is -2.99. The normalized spacial score (nSPS) is 20.5. The van der Waals surface area contributed by atoms with Gasteiger partial charge in [0.1, 0.15) is 17.2 Å². The van der Waals surface area contributed by atoms with Crippen LogP contribution in [0.4, 0.5) is 0 Å². The number of hydrogen-bond acceptors (Lipinski definition) is 8. The van der Waals surface area contributed by atoms with E-state index < -0.39 is 22.2 Å². The van der Waals surface area contributed by atoms with E-state index in [4.69, 9.17) is 14.2 Å². The SMILES string of the molecule is COc1cccc(S(=O)(=O)N[C@@H]2CC[C@@H](CCn3cc(-c4ccccc4OC)nn3)O[C@H]2CO)c1. The zero-order valence-electron chi connectivity index (χ0n) is 19.7. The summed E-state index contributed by atoms with van der Waals surface area (Å²) in [4.78, 5) is 0.104. The van der Waals surface area contributed by atoms with Crippen LogP contribution in [0.15, 0.2) is 59.6 Å². The number of para-hydroxylation sites is 1. The van der Waals surface area contributed by atoms with Gasteiger partial charge in [-0.15, -0.1) is 5.10 Å². The molecule has 0 unspecified atom stereocenters. The highest BCUT2D eigenvalue weighted by Crippen LogP contribution is 2.28. The Morgan fingerprint density at radius 1 is 1.14 bits per heavy atom. The van der Waals surface area contributed by atoms with Crippen molar-refractivity contribution in [3.05, 3.63) is 54.7 Å². The first-order valence-corrected chi connectivity index (χ1v) is 12.9. The van der Waals surface area contributed by atoms with Crippen molar-refractivity contribution in [2.75, 3.05) is 20.8 Å². The fourth-order valence-electron chi connectivity index (χ4n) is 4.18. The van der Waals surface area contributed by atoms with E-state index in [-0.39, 0.29) is 17.6 Å². The third kappa shape index (κ3) is 5.99. The lowest BCUT2D eigenvalue weighted by Crippen LogP contribution is -2.50. The Bertz CT molecular complexity index is 1230. The van der Waals surface area contributed by atoms with Crippen LogP contribution in [0.5, 0.6) is 11.5 Å². The predicted octanol–water partition coefficient (Wildman–Crippen LogP) is 2.24. The third-order valence-electron chi connectivity index (χ3n) is 6.06. The smallest absolute Gasteiger partial charge is 0.241 e. The Kier molecular flexibility index (Phi) is 8.01. The van der Waals surface area contributed by atoms with Gasteiger partial charge in [0, 0.05) is 18.2 Å². The number of hydrogen-bond donors (Lipinski definition) is 2. The standard InChI is InChI=1S/C24H30N4O6S/c1-32-18-6-5-7-19(14-18)35(30,31)26-21-11-10-17(34-24(21)16-29)12-13-28-15-22(25-27-28)20-8-3-4-9-23(20)33-2/h3-9,14-15,17,21,24,26,29H,10-13,16H2,1-2H3/t17-,21+,24-/m0/s1. The van der Waals surface area contributed by atoms with E-state index >= 15 is 0 Å². The zero-order valence-corrected chi connectivity index (χ0v) is 20.5. The first-order valence-electron chi connectivity index (χ1n) is 11.4. The van der Waals surface area contributed by atoms with Crippen molar-refractivity contribution < 1.29 is 27.7 Å². The molecule has 4 rings (SSSR count). The summed E-state index contributed by atoms with van der Waals surface area (Å²) in [5.41, 5.74) is 1.58. The highest BCUT2D eigenvalue weighted by molar-refractivity contribution is 7.89. The number of benzene rings is 2. The summed E-state index contributed by atoms with van der Waals surface area (Å²) in [6.45, 7) is 0.286. The van der Waals surface area contributed by atoms with Crippen molar-refractivity contribution in [1.82, 2.24) is 19.7 Å². The zero-order chi connectivity index (χ0) is 24.8. The third-order valence-corrected chi connectivity index (χ3v) is 7.54. The van der Waals surface area contributed by atoms with E-state index in [0.29, 0.717) is 37.3 Å². The Morgan fingerprint density at radius 2 is 1.97 bits per heavy atom. The van der Waals surface area contributed by atoms with Crippen molar-refractivity contribution in [3.8, 4) is 22.8 Å². The lowest BCUT2D eigenvalue weighted by molar-refractivity contribution is -0.0891. The van der Waals surface area contributed by atoms with E-state index in [9.17, 15) is 13.5 Å². The molecule has 0 bridgehead atoms. The van der Waals surface area contributed by atoms with Gasteiger partial charge >= 0.3 is 0 Å². The molecule has 0 aliphatic carbocycles. The van der Waals surface area contributed by atoms with E-state index in [2.05, 4.69) is 15.0 Å². The Balaban J connectivity index is 1.35. The maximum absolute atomic E-state index is 12.9.